The van der Waals surface area contributed by atoms with Crippen molar-refractivity contribution in [3.63, 3.8) is 0 Å². The largest absolute Gasteiger partial charge is 0.361 e. The standard InChI is InChI=1S/C15H20Br2N2OSi/c1-11(21(2,3)4)20-10-19-14(16)13(18-15(19)17)12-8-6-5-7-9-12/h5-9,11H,10H2,1-4H3. The molecule has 0 aliphatic carbocycles. The van der Waals surface area contributed by atoms with Gasteiger partial charge in [0.2, 0.25) is 0 Å². The minimum Gasteiger partial charge on any atom is -0.361 e. The van der Waals surface area contributed by atoms with Gasteiger partial charge in [0.1, 0.15) is 17.0 Å². The summed E-state index contributed by atoms with van der Waals surface area (Å²) in [6.07, 6.45) is 0. The van der Waals surface area contributed by atoms with Gasteiger partial charge in [-0.2, -0.15) is 0 Å². The van der Waals surface area contributed by atoms with E-state index in [1.54, 1.807) is 0 Å². The third-order valence-electron chi connectivity index (χ3n) is 3.58. The van der Waals surface area contributed by atoms with E-state index in [9.17, 15) is 0 Å². The number of rotatable bonds is 5. The van der Waals surface area contributed by atoms with Crippen LogP contribution in [0.2, 0.25) is 19.6 Å². The summed E-state index contributed by atoms with van der Waals surface area (Å²) in [6.45, 7) is 9.58. The van der Waals surface area contributed by atoms with Crippen LogP contribution in [-0.4, -0.2) is 23.4 Å². The summed E-state index contributed by atoms with van der Waals surface area (Å²) in [7, 11) is -1.29. The second-order valence-electron chi connectivity index (χ2n) is 6.12. The molecule has 1 atom stereocenters. The Bertz CT molecular complexity index is 608. The van der Waals surface area contributed by atoms with Crippen molar-refractivity contribution in [2.24, 2.45) is 0 Å². The van der Waals surface area contributed by atoms with Crippen molar-refractivity contribution >= 4 is 39.9 Å². The molecule has 0 N–H and O–H groups in total. The van der Waals surface area contributed by atoms with E-state index in [1.165, 1.54) is 0 Å². The predicted molar refractivity (Wildman–Crippen MR) is 97.0 cm³/mol. The van der Waals surface area contributed by atoms with E-state index in [-0.39, 0.29) is 0 Å². The highest BCUT2D eigenvalue weighted by atomic mass is 79.9. The number of imidazole rings is 1. The molecule has 21 heavy (non-hydrogen) atoms. The minimum atomic E-state index is -1.29. The van der Waals surface area contributed by atoms with Crippen LogP contribution in [-0.2, 0) is 11.5 Å². The highest BCUT2D eigenvalue weighted by Gasteiger charge is 2.24. The molecular weight excluding hydrogens is 412 g/mol. The molecule has 2 rings (SSSR count). The van der Waals surface area contributed by atoms with Crippen molar-refractivity contribution in [1.29, 1.82) is 0 Å². The van der Waals surface area contributed by atoms with Gasteiger partial charge in [0.15, 0.2) is 4.73 Å². The summed E-state index contributed by atoms with van der Waals surface area (Å²) in [6, 6.07) is 10.1. The maximum absolute atomic E-state index is 6.03. The third kappa shape index (κ3) is 4.06. The normalized spacial score (nSPS) is 13.4. The van der Waals surface area contributed by atoms with E-state index in [2.05, 4.69) is 75.5 Å². The van der Waals surface area contributed by atoms with Gasteiger partial charge in [-0.1, -0.05) is 50.0 Å². The van der Waals surface area contributed by atoms with E-state index >= 15 is 0 Å². The first kappa shape index (κ1) is 16.9. The molecule has 114 valence electrons. The van der Waals surface area contributed by atoms with E-state index in [0.29, 0.717) is 12.5 Å². The summed E-state index contributed by atoms with van der Waals surface area (Å²) in [5.74, 6) is 0. The average molecular weight is 432 g/mol. The van der Waals surface area contributed by atoms with Crippen molar-refractivity contribution in [3.8, 4) is 11.3 Å². The van der Waals surface area contributed by atoms with Crippen LogP contribution in [0.15, 0.2) is 39.7 Å². The Hall–Kier alpha value is -0.433. The zero-order valence-corrected chi connectivity index (χ0v) is 16.9. The number of hydrogen-bond donors (Lipinski definition) is 0. The molecule has 1 heterocycles. The van der Waals surface area contributed by atoms with Crippen LogP contribution in [0.25, 0.3) is 11.3 Å². The second kappa shape index (κ2) is 6.77. The maximum atomic E-state index is 6.03. The maximum Gasteiger partial charge on any atom is 0.180 e. The first-order chi connectivity index (χ1) is 9.80. The monoisotopic (exact) mass is 430 g/mol. The van der Waals surface area contributed by atoms with Gasteiger partial charge in [-0.05, 0) is 38.8 Å². The van der Waals surface area contributed by atoms with Gasteiger partial charge in [0, 0.05) is 11.3 Å². The smallest absolute Gasteiger partial charge is 0.180 e. The summed E-state index contributed by atoms with van der Waals surface area (Å²) in [5, 5.41) is 0. The molecule has 0 amide bonds. The highest BCUT2D eigenvalue weighted by molar-refractivity contribution is 9.11. The van der Waals surface area contributed by atoms with Gasteiger partial charge in [-0.25, -0.2) is 4.98 Å². The first-order valence-corrected chi connectivity index (χ1v) is 12.1. The SMILES string of the molecule is CC(OCn1c(Br)nc(-c2ccccc2)c1Br)[Si](C)(C)C. The number of halogens is 2. The highest BCUT2D eigenvalue weighted by Crippen LogP contribution is 2.31. The fourth-order valence-corrected chi connectivity index (χ4v) is 3.59. The van der Waals surface area contributed by atoms with Crippen LogP contribution >= 0.6 is 31.9 Å². The molecular formula is C15H20Br2N2OSi. The summed E-state index contributed by atoms with van der Waals surface area (Å²) >= 11 is 7.16. The lowest BCUT2D eigenvalue weighted by Gasteiger charge is -2.25. The fourth-order valence-electron chi connectivity index (χ4n) is 1.73. The Morgan fingerprint density at radius 1 is 1.19 bits per heavy atom. The van der Waals surface area contributed by atoms with Gasteiger partial charge < -0.3 is 4.74 Å². The quantitative estimate of drug-likeness (QED) is 0.599. The van der Waals surface area contributed by atoms with Gasteiger partial charge in [-0.15, -0.1) is 0 Å². The van der Waals surface area contributed by atoms with Crippen molar-refractivity contribution in [2.75, 3.05) is 0 Å². The lowest BCUT2D eigenvalue weighted by Crippen LogP contribution is -2.38. The lowest BCUT2D eigenvalue weighted by atomic mass is 10.2. The van der Waals surface area contributed by atoms with E-state index < -0.39 is 8.07 Å². The molecule has 0 spiro atoms. The van der Waals surface area contributed by atoms with Crippen LogP contribution in [0.1, 0.15) is 6.92 Å². The van der Waals surface area contributed by atoms with Crippen molar-refractivity contribution in [3.05, 3.63) is 39.7 Å². The average Bonchev–Trinajstić information content (AvgIpc) is 2.71. The van der Waals surface area contributed by atoms with Gasteiger partial charge in [0.05, 0.1) is 8.07 Å². The Balaban J connectivity index is 2.21. The molecule has 0 radical (unpaired) electrons. The Morgan fingerprint density at radius 3 is 2.38 bits per heavy atom. The molecule has 1 aromatic carbocycles. The zero-order chi connectivity index (χ0) is 15.6. The summed E-state index contributed by atoms with van der Waals surface area (Å²) in [4.78, 5) is 4.58. The van der Waals surface area contributed by atoms with Crippen LogP contribution in [0, 0.1) is 0 Å². The summed E-state index contributed by atoms with van der Waals surface area (Å²) in [5.41, 5.74) is 2.30. The summed E-state index contributed by atoms with van der Waals surface area (Å²) < 4.78 is 9.73. The van der Waals surface area contributed by atoms with Crippen molar-refractivity contribution in [1.82, 2.24) is 9.55 Å². The Morgan fingerprint density at radius 2 is 1.81 bits per heavy atom. The molecule has 6 heteroatoms. The molecule has 0 saturated heterocycles. The Kier molecular flexibility index (Phi) is 5.46. The molecule has 1 unspecified atom stereocenters. The molecule has 0 saturated carbocycles. The number of nitrogens with zero attached hydrogens (tertiary/aromatic N) is 2. The fraction of sp³-hybridized carbons (Fsp3) is 0.400. The second-order valence-corrected chi connectivity index (χ2v) is 13.1. The molecule has 0 bridgehead atoms. The molecule has 0 aliphatic rings. The zero-order valence-electron chi connectivity index (χ0n) is 12.7. The number of benzene rings is 1. The Labute approximate surface area is 144 Å². The number of hydrogen-bond acceptors (Lipinski definition) is 2. The molecule has 0 fully saturated rings. The van der Waals surface area contributed by atoms with Crippen molar-refractivity contribution in [2.45, 2.75) is 39.0 Å². The minimum absolute atomic E-state index is 0.291. The molecule has 0 aliphatic heterocycles. The lowest BCUT2D eigenvalue weighted by molar-refractivity contribution is 0.0540. The van der Waals surface area contributed by atoms with Gasteiger partial charge >= 0.3 is 0 Å². The van der Waals surface area contributed by atoms with Crippen LogP contribution in [0.5, 0.6) is 0 Å². The van der Waals surface area contributed by atoms with Gasteiger partial charge in [-0.3, -0.25) is 4.57 Å². The number of ether oxygens (including phenoxy) is 1. The predicted octanol–water partition coefficient (Wildman–Crippen LogP) is 5.32. The van der Waals surface area contributed by atoms with E-state index in [4.69, 9.17) is 4.74 Å². The topological polar surface area (TPSA) is 27.1 Å². The van der Waals surface area contributed by atoms with Crippen LogP contribution in [0.3, 0.4) is 0 Å². The van der Waals surface area contributed by atoms with E-state index in [0.717, 1.165) is 20.6 Å². The molecule has 1 aromatic heterocycles. The molecule has 2 aromatic rings. The van der Waals surface area contributed by atoms with Crippen molar-refractivity contribution < 1.29 is 4.74 Å². The van der Waals surface area contributed by atoms with Crippen LogP contribution in [0.4, 0.5) is 0 Å². The first-order valence-electron chi connectivity index (χ1n) is 6.89. The number of aromatic nitrogens is 2. The van der Waals surface area contributed by atoms with E-state index in [1.807, 2.05) is 22.8 Å². The third-order valence-corrected chi connectivity index (χ3v) is 7.59. The van der Waals surface area contributed by atoms with Crippen LogP contribution < -0.4 is 0 Å². The van der Waals surface area contributed by atoms with Gasteiger partial charge in [0.25, 0.3) is 0 Å². The molecule has 3 nitrogen and oxygen atoms in total.